The number of hydrogen-bond acceptors (Lipinski definition) is 5. The molecule has 146 valence electrons. The number of hydrogen-bond donors (Lipinski definition) is 0. The van der Waals surface area contributed by atoms with E-state index in [1.807, 2.05) is 31.2 Å². The molecule has 0 aliphatic carbocycles. The van der Waals surface area contributed by atoms with Crippen molar-refractivity contribution in [1.82, 2.24) is 4.31 Å². The Morgan fingerprint density at radius 3 is 2.56 bits per heavy atom. The van der Waals surface area contributed by atoms with Gasteiger partial charge in [-0.2, -0.15) is 4.31 Å². The predicted octanol–water partition coefficient (Wildman–Crippen LogP) is 3.63. The molecule has 2 rings (SSSR count). The highest BCUT2D eigenvalue weighted by molar-refractivity contribution is 9.10. The van der Waals surface area contributed by atoms with Crippen molar-refractivity contribution < 1.29 is 22.7 Å². The number of halogens is 1. The number of carbonyl (C=O) groups excluding carboxylic acids is 1. The second kappa shape index (κ2) is 9.34. The summed E-state index contributed by atoms with van der Waals surface area (Å²) in [6.07, 6.45) is 0. The van der Waals surface area contributed by atoms with E-state index in [-0.39, 0.29) is 30.2 Å². The van der Waals surface area contributed by atoms with Crippen LogP contribution in [0.1, 0.15) is 22.8 Å². The molecule has 6 nitrogen and oxygen atoms in total. The fraction of sp³-hybridized carbons (Fsp3) is 0.316. The third-order valence-electron chi connectivity index (χ3n) is 3.80. The van der Waals surface area contributed by atoms with Crippen molar-refractivity contribution in [2.75, 3.05) is 26.8 Å². The van der Waals surface area contributed by atoms with Gasteiger partial charge in [-0.25, -0.2) is 13.2 Å². The van der Waals surface area contributed by atoms with Crippen LogP contribution in [0.4, 0.5) is 0 Å². The number of ether oxygens (including phenoxy) is 2. The van der Waals surface area contributed by atoms with E-state index < -0.39 is 16.0 Å². The van der Waals surface area contributed by atoms with Crippen LogP contribution in [0.3, 0.4) is 0 Å². The maximum absolute atomic E-state index is 12.8. The van der Waals surface area contributed by atoms with E-state index in [4.69, 9.17) is 9.47 Å². The topological polar surface area (TPSA) is 72.9 Å². The first-order chi connectivity index (χ1) is 12.8. The molecule has 0 aliphatic rings. The van der Waals surface area contributed by atoms with E-state index in [2.05, 4.69) is 15.9 Å². The third kappa shape index (κ3) is 5.54. The molecule has 27 heavy (non-hydrogen) atoms. The van der Waals surface area contributed by atoms with E-state index in [1.54, 1.807) is 6.92 Å². The zero-order valence-electron chi connectivity index (χ0n) is 15.4. The standard InChI is InChI=1S/C19H22BrNO5S/c1-4-25-19(22)15-8-9-18(17(20)13-15)27(23,24)21(3)10-11-26-16-7-5-6-14(2)12-16/h5-9,12-13H,4,10-11H2,1-3H3. The SMILES string of the molecule is CCOC(=O)c1ccc(S(=O)(=O)N(C)CCOc2cccc(C)c2)c(Br)c1. The zero-order valence-corrected chi connectivity index (χ0v) is 17.8. The minimum atomic E-state index is -3.73. The molecule has 0 bridgehead atoms. The van der Waals surface area contributed by atoms with Gasteiger partial charge < -0.3 is 9.47 Å². The number of likely N-dealkylation sites (N-methyl/N-ethyl adjacent to an activating group) is 1. The van der Waals surface area contributed by atoms with Crippen molar-refractivity contribution in [2.45, 2.75) is 18.7 Å². The lowest BCUT2D eigenvalue weighted by Crippen LogP contribution is -2.31. The Labute approximate surface area is 168 Å². The van der Waals surface area contributed by atoms with Gasteiger partial charge in [0.15, 0.2) is 0 Å². The van der Waals surface area contributed by atoms with Crippen LogP contribution in [0.5, 0.6) is 5.75 Å². The second-order valence-electron chi connectivity index (χ2n) is 5.86. The Kier molecular flexibility index (Phi) is 7.41. The summed E-state index contributed by atoms with van der Waals surface area (Å²) < 4.78 is 37.6. The van der Waals surface area contributed by atoms with Gasteiger partial charge in [0, 0.05) is 18.1 Å². The first kappa shape index (κ1) is 21.4. The lowest BCUT2D eigenvalue weighted by atomic mass is 10.2. The Bertz CT molecular complexity index is 914. The average Bonchev–Trinajstić information content (AvgIpc) is 2.61. The Morgan fingerprint density at radius 1 is 1.19 bits per heavy atom. The molecule has 0 N–H and O–H groups in total. The molecular weight excluding hydrogens is 434 g/mol. The maximum atomic E-state index is 12.8. The molecule has 0 unspecified atom stereocenters. The predicted molar refractivity (Wildman–Crippen MR) is 107 cm³/mol. The molecule has 0 fully saturated rings. The van der Waals surface area contributed by atoms with E-state index in [1.165, 1.54) is 29.6 Å². The number of benzene rings is 2. The van der Waals surface area contributed by atoms with Crippen LogP contribution in [-0.2, 0) is 14.8 Å². The van der Waals surface area contributed by atoms with E-state index in [9.17, 15) is 13.2 Å². The molecule has 2 aromatic carbocycles. The smallest absolute Gasteiger partial charge is 0.338 e. The summed E-state index contributed by atoms with van der Waals surface area (Å²) in [5.74, 6) is 0.197. The van der Waals surface area contributed by atoms with Gasteiger partial charge in [0.1, 0.15) is 12.4 Å². The fourth-order valence-corrected chi connectivity index (χ4v) is 4.53. The number of aryl methyl sites for hydroxylation is 1. The van der Waals surface area contributed by atoms with Gasteiger partial charge in [-0.05, 0) is 65.7 Å². The van der Waals surface area contributed by atoms with Gasteiger partial charge in [-0.3, -0.25) is 0 Å². The highest BCUT2D eigenvalue weighted by atomic mass is 79.9. The average molecular weight is 456 g/mol. The van der Waals surface area contributed by atoms with Gasteiger partial charge in [-0.1, -0.05) is 12.1 Å². The van der Waals surface area contributed by atoms with Gasteiger partial charge in [0.05, 0.1) is 17.1 Å². The lowest BCUT2D eigenvalue weighted by molar-refractivity contribution is 0.0526. The summed E-state index contributed by atoms with van der Waals surface area (Å²) in [6, 6.07) is 11.8. The van der Waals surface area contributed by atoms with Crippen molar-refractivity contribution in [3.8, 4) is 5.75 Å². The van der Waals surface area contributed by atoms with E-state index >= 15 is 0 Å². The van der Waals surface area contributed by atoms with Gasteiger partial charge in [0.2, 0.25) is 10.0 Å². The summed E-state index contributed by atoms with van der Waals surface area (Å²) in [7, 11) is -2.25. The fourth-order valence-electron chi connectivity index (χ4n) is 2.34. The van der Waals surface area contributed by atoms with Gasteiger partial charge in [-0.15, -0.1) is 0 Å². The van der Waals surface area contributed by atoms with Crippen molar-refractivity contribution in [3.63, 3.8) is 0 Å². The van der Waals surface area contributed by atoms with Gasteiger partial charge in [0.25, 0.3) is 0 Å². The van der Waals surface area contributed by atoms with Crippen LogP contribution >= 0.6 is 15.9 Å². The molecule has 0 atom stereocenters. The minimum absolute atomic E-state index is 0.0774. The minimum Gasteiger partial charge on any atom is -0.492 e. The molecule has 0 spiro atoms. The number of carbonyl (C=O) groups is 1. The van der Waals surface area contributed by atoms with E-state index in [0.717, 1.165) is 5.56 Å². The molecule has 8 heteroatoms. The molecule has 0 aliphatic heterocycles. The van der Waals surface area contributed by atoms with Crippen molar-refractivity contribution >= 4 is 31.9 Å². The van der Waals surface area contributed by atoms with Crippen molar-refractivity contribution in [1.29, 1.82) is 0 Å². The highest BCUT2D eigenvalue weighted by Crippen LogP contribution is 2.26. The van der Waals surface area contributed by atoms with Crippen molar-refractivity contribution in [2.24, 2.45) is 0 Å². The maximum Gasteiger partial charge on any atom is 0.338 e. The summed E-state index contributed by atoms with van der Waals surface area (Å²) in [5.41, 5.74) is 1.35. The number of sulfonamides is 1. The molecule has 0 amide bonds. The largest absolute Gasteiger partial charge is 0.492 e. The molecule has 0 heterocycles. The molecule has 2 aromatic rings. The van der Waals surface area contributed by atoms with Crippen LogP contribution < -0.4 is 4.74 Å². The Balaban J connectivity index is 2.06. The normalized spacial score (nSPS) is 11.4. The monoisotopic (exact) mass is 455 g/mol. The van der Waals surface area contributed by atoms with Crippen LogP contribution in [0.25, 0.3) is 0 Å². The summed E-state index contributed by atoms with van der Waals surface area (Å²) >= 11 is 3.24. The molecule has 0 saturated heterocycles. The Hall–Kier alpha value is -1.90. The van der Waals surface area contributed by atoms with Crippen LogP contribution in [0.15, 0.2) is 51.8 Å². The summed E-state index contributed by atoms with van der Waals surface area (Å²) in [5, 5.41) is 0. The first-order valence-electron chi connectivity index (χ1n) is 8.38. The second-order valence-corrected chi connectivity index (χ2v) is 8.72. The third-order valence-corrected chi connectivity index (χ3v) is 6.63. The van der Waals surface area contributed by atoms with Crippen LogP contribution in [-0.4, -0.2) is 45.5 Å². The van der Waals surface area contributed by atoms with Crippen LogP contribution in [0, 0.1) is 6.92 Å². The summed E-state index contributed by atoms with van der Waals surface area (Å²) in [6.45, 7) is 4.32. The molecule has 0 radical (unpaired) electrons. The molecule has 0 saturated carbocycles. The lowest BCUT2D eigenvalue weighted by Gasteiger charge is -2.18. The van der Waals surface area contributed by atoms with Crippen molar-refractivity contribution in [3.05, 3.63) is 58.1 Å². The first-order valence-corrected chi connectivity index (χ1v) is 10.6. The Morgan fingerprint density at radius 2 is 1.93 bits per heavy atom. The molecule has 0 aromatic heterocycles. The van der Waals surface area contributed by atoms with Gasteiger partial charge >= 0.3 is 5.97 Å². The number of rotatable bonds is 8. The van der Waals surface area contributed by atoms with E-state index in [0.29, 0.717) is 10.2 Å². The zero-order chi connectivity index (χ0) is 20.0. The highest BCUT2D eigenvalue weighted by Gasteiger charge is 2.24. The quantitative estimate of drug-likeness (QED) is 0.568. The summed E-state index contributed by atoms with van der Waals surface area (Å²) in [4.78, 5) is 11.8. The number of nitrogens with zero attached hydrogens (tertiary/aromatic N) is 1. The van der Waals surface area contributed by atoms with Crippen LogP contribution in [0.2, 0.25) is 0 Å². The molecular formula is C19H22BrNO5S. The number of esters is 1.